The van der Waals surface area contributed by atoms with E-state index in [0.717, 1.165) is 4.90 Å². The molecule has 4 amide bonds. The summed E-state index contributed by atoms with van der Waals surface area (Å²) in [6.07, 6.45) is -1.22. The molecule has 0 bridgehead atoms. The summed E-state index contributed by atoms with van der Waals surface area (Å²) >= 11 is 0. The molecular weight excluding hydrogens is 356 g/mol. The smallest absolute Gasteiger partial charge is 0.384 e. The van der Waals surface area contributed by atoms with Gasteiger partial charge in [-0.1, -0.05) is 16.5 Å². The van der Waals surface area contributed by atoms with E-state index >= 15 is 0 Å². The highest BCUT2D eigenvalue weighted by Crippen LogP contribution is 2.30. The Morgan fingerprint density at radius 3 is 2.48 bits per heavy atom. The Hall–Kier alpha value is -2.86. The first-order valence-corrected chi connectivity index (χ1v) is 8.07. The van der Waals surface area contributed by atoms with Crippen LogP contribution in [0.3, 0.4) is 0 Å². The molecule has 1 aromatic carbocycles. The molecule has 2 rings (SSSR count). The van der Waals surface area contributed by atoms with E-state index in [0.29, 0.717) is 15.9 Å². The Balaban J connectivity index is 2.42. The second-order valence-corrected chi connectivity index (χ2v) is 5.24. The Labute approximate surface area is 144 Å². The highest BCUT2D eigenvalue weighted by atomic mass is 32.2. The maximum atomic E-state index is 12.4. The van der Waals surface area contributed by atoms with Gasteiger partial charge in [-0.3, -0.25) is 4.90 Å². The predicted molar refractivity (Wildman–Crippen MR) is 82.6 cm³/mol. The number of hydrogen-bond acceptors (Lipinski definition) is 7. The van der Waals surface area contributed by atoms with Crippen molar-refractivity contribution in [2.75, 3.05) is 20.8 Å². The molecule has 0 N–H and O–H groups in total. The van der Waals surface area contributed by atoms with Gasteiger partial charge in [0.2, 0.25) is 6.35 Å². The zero-order valence-corrected chi connectivity index (χ0v) is 14.5. The lowest BCUT2D eigenvalue weighted by atomic mass is 10.3. The van der Waals surface area contributed by atoms with Crippen molar-refractivity contribution in [3.8, 4) is 11.5 Å². The average Bonchev–Trinajstić information content (AvgIpc) is 2.80. The van der Waals surface area contributed by atoms with Gasteiger partial charge in [0.25, 0.3) is 0 Å². The zero-order valence-electron chi connectivity index (χ0n) is 13.6. The average molecular weight is 372 g/mol. The quantitative estimate of drug-likeness (QED) is 0.759. The first-order valence-electron chi connectivity index (χ1n) is 7.04. The summed E-state index contributed by atoms with van der Waals surface area (Å²) in [5, 5.41) is 1.21. The summed E-state index contributed by atoms with van der Waals surface area (Å²) in [5.41, 5.74) is 0. The molecule has 1 heterocycles. The number of amides is 4. The number of carbonyl (C=O) groups is 2. The normalized spacial score (nSPS) is 16.8. The number of urea groups is 2. The monoisotopic (exact) mass is 372 g/mol. The number of hydroxylamine groups is 1. The van der Waals surface area contributed by atoms with Gasteiger partial charge in [-0.2, -0.15) is 8.42 Å². The molecule has 0 spiro atoms. The van der Waals surface area contributed by atoms with Gasteiger partial charge in [0.1, 0.15) is 0 Å². The molecule has 1 aliphatic rings. The Bertz CT molecular complexity index is 789. The minimum Gasteiger partial charge on any atom is -0.493 e. The van der Waals surface area contributed by atoms with Crippen LogP contribution >= 0.6 is 0 Å². The molecule has 1 fully saturated rings. The van der Waals surface area contributed by atoms with Crippen molar-refractivity contribution in [1.82, 2.24) is 15.1 Å². The van der Waals surface area contributed by atoms with Crippen molar-refractivity contribution >= 4 is 22.6 Å². The third kappa shape index (κ3) is 3.80. The molecular formula is C13H16N4O7S. The van der Waals surface area contributed by atoms with E-state index < -0.39 is 28.9 Å². The Morgan fingerprint density at radius 2 is 1.92 bits per heavy atom. The third-order valence-corrected chi connectivity index (χ3v) is 3.43. The molecule has 11 nitrogen and oxygen atoms in total. The Morgan fingerprint density at radius 1 is 1.28 bits per heavy atom. The van der Waals surface area contributed by atoms with E-state index in [2.05, 4.69) is 4.36 Å². The van der Waals surface area contributed by atoms with E-state index in [-0.39, 0.29) is 12.4 Å². The summed E-state index contributed by atoms with van der Waals surface area (Å²) in [5.74, 6) is 0.430. The topological polar surface area (TPSA) is 118 Å². The number of methoxy groups -OCH3 is 1. The maximum Gasteiger partial charge on any atom is 0.384 e. The number of hydrazine groups is 1. The van der Waals surface area contributed by atoms with Crippen LogP contribution in [-0.2, 0) is 15.2 Å². The first kappa shape index (κ1) is 18.5. The van der Waals surface area contributed by atoms with Gasteiger partial charge in [0.15, 0.2) is 11.5 Å². The standard InChI is InChI=1S/C13H16N4O7S/c1-4-23-13-15(2)12(19)17(16(13)11(18)14-25(20)21)24-10-8-6-5-7-9(10)22-3/h5-8,13H,4H2,1-3H3. The maximum absolute atomic E-state index is 12.4. The SMILES string of the molecule is CCOC1N(C)C(=O)N(Oc2ccccc2OC)N1C(=O)N=S(=O)=O. The van der Waals surface area contributed by atoms with E-state index in [4.69, 9.17) is 14.3 Å². The third-order valence-electron chi connectivity index (χ3n) is 3.12. The van der Waals surface area contributed by atoms with Crippen LogP contribution in [0.4, 0.5) is 9.59 Å². The van der Waals surface area contributed by atoms with Crippen LogP contribution < -0.4 is 9.57 Å². The summed E-state index contributed by atoms with van der Waals surface area (Å²) in [7, 11) is -0.240. The van der Waals surface area contributed by atoms with E-state index in [1.807, 2.05) is 0 Å². The molecule has 25 heavy (non-hydrogen) atoms. The summed E-state index contributed by atoms with van der Waals surface area (Å²) in [4.78, 5) is 31.1. The molecule has 0 aromatic heterocycles. The second kappa shape index (κ2) is 7.81. The van der Waals surface area contributed by atoms with E-state index in [9.17, 15) is 18.0 Å². The van der Waals surface area contributed by atoms with Crippen LogP contribution in [-0.4, -0.2) is 62.7 Å². The van der Waals surface area contributed by atoms with E-state index in [1.54, 1.807) is 25.1 Å². The van der Waals surface area contributed by atoms with Gasteiger partial charge in [0.05, 0.1) is 7.11 Å². The van der Waals surface area contributed by atoms with Crippen molar-refractivity contribution in [3.05, 3.63) is 24.3 Å². The minimum atomic E-state index is -3.01. The van der Waals surface area contributed by atoms with Gasteiger partial charge in [-0.25, -0.2) is 9.59 Å². The van der Waals surface area contributed by atoms with Crippen LogP contribution in [0.1, 0.15) is 6.92 Å². The molecule has 0 aliphatic carbocycles. The molecule has 12 heteroatoms. The van der Waals surface area contributed by atoms with Gasteiger partial charge < -0.3 is 14.3 Å². The van der Waals surface area contributed by atoms with Crippen molar-refractivity contribution in [3.63, 3.8) is 0 Å². The highest BCUT2D eigenvalue weighted by molar-refractivity contribution is 7.62. The number of ether oxygens (including phenoxy) is 2. The molecule has 1 aliphatic heterocycles. The molecule has 0 radical (unpaired) electrons. The lowest BCUT2D eigenvalue weighted by molar-refractivity contribution is -0.192. The van der Waals surface area contributed by atoms with Crippen LogP contribution in [0.15, 0.2) is 28.6 Å². The lowest BCUT2D eigenvalue weighted by Gasteiger charge is -2.27. The molecule has 1 saturated heterocycles. The molecule has 0 saturated carbocycles. The number of carbonyl (C=O) groups excluding carboxylic acids is 2. The van der Waals surface area contributed by atoms with Gasteiger partial charge in [0, 0.05) is 13.7 Å². The number of nitrogens with zero attached hydrogens (tertiary/aromatic N) is 4. The molecule has 1 aromatic rings. The lowest BCUT2D eigenvalue weighted by Crippen LogP contribution is -2.48. The second-order valence-electron chi connectivity index (χ2n) is 4.63. The van der Waals surface area contributed by atoms with Crippen molar-refractivity contribution < 1.29 is 32.3 Å². The van der Waals surface area contributed by atoms with Crippen molar-refractivity contribution in [2.45, 2.75) is 13.3 Å². The van der Waals surface area contributed by atoms with Crippen LogP contribution in [0.2, 0.25) is 0 Å². The summed E-state index contributed by atoms with van der Waals surface area (Å²) in [6.45, 7) is 1.79. The largest absolute Gasteiger partial charge is 0.493 e. The van der Waals surface area contributed by atoms with Crippen molar-refractivity contribution in [2.24, 2.45) is 4.36 Å². The fraction of sp³-hybridized carbons (Fsp3) is 0.385. The number of hydrogen-bond donors (Lipinski definition) is 0. The zero-order chi connectivity index (χ0) is 18.6. The Kier molecular flexibility index (Phi) is 5.77. The summed E-state index contributed by atoms with van der Waals surface area (Å²) in [6, 6.07) is 4.40. The number of rotatable bonds is 5. The fourth-order valence-corrected chi connectivity index (χ4v) is 2.27. The van der Waals surface area contributed by atoms with Crippen LogP contribution in [0.5, 0.6) is 11.5 Å². The first-order chi connectivity index (χ1) is 11.9. The van der Waals surface area contributed by atoms with Gasteiger partial charge >= 0.3 is 22.6 Å². The molecule has 1 atom stereocenters. The highest BCUT2D eigenvalue weighted by Gasteiger charge is 2.48. The van der Waals surface area contributed by atoms with Crippen LogP contribution in [0, 0.1) is 0 Å². The number of benzene rings is 1. The predicted octanol–water partition coefficient (Wildman–Crippen LogP) is 1.08. The number of para-hydroxylation sites is 2. The minimum absolute atomic E-state index is 0.130. The van der Waals surface area contributed by atoms with Gasteiger partial charge in [-0.05, 0) is 24.2 Å². The molecule has 136 valence electrons. The van der Waals surface area contributed by atoms with Gasteiger partial charge in [-0.15, -0.1) is 5.01 Å². The van der Waals surface area contributed by atoms with E-state index in [1.165, 1.54) is 20.2 Å². The fourth-order valence-electron chi connectivity index (χ4n) is 2.05. The summed E-state index contributed by atoms with van der Waals surface area (Å²) < 4.78 is 34.8. The van der Waals surface area contributed by atoms with Crippen LogP contribution in [0.25, 0.3) is 0 Å². The van der Waals surface area contributed by atoms with Crippen molar-refractivity contribution in [1.29, 1.82) is 0 Å². The molecule has 1 unspecified atom stereocenters.